The Hall–Kier alpha value is -3.95. The van der Waals surface area contributed by atoms with Crippen molar-refractivity contribution < 1.29 is 5.11 Å². The molecule has 0 spiro atoms. The van der Waals surface area contributed by atoms with E-state index in [1.54, 1.807) is 24.5 Å². The van der Waals surface area contributed by atoms with Crippen molar-refractivity contribution >= 4 is 23.3 Å². The normalized spacial score (nSPS) is 15.9. The van der Waals surface area contributed by atoms with Crippen molar-refractivity contribution in [2.75, 3.05) is 23.7 Å². The molecular weight excluding hydrogens is 428 g/mol. The maximum absolute atomic E-state index is 9.70. The number of nitrogens with zero attached hydrogens (tertiary/aromatic N) is 6. The Morgan fingerprint density at radius 3 is 2.47 bits per heavy atom. The first-order valence-corrected chi connectivity index (χ1v) is 11.2. The summed E-state index contributed by atoms with van der Waals surface area (Å²) in [5.74, 6) is 2.26. The van der Waals surface area contributed by atoms with E-state index >= 15 is 0 Å². The summed E-state index contributed by atoms with van der Waals surface area (Å²) in [4.78, 5) is 24.5. The molecule has 1 saturated heterocycles. The summed E-state index contributed by atoms with van der Waals surface area (Å²) in [5, 5.41) is 16.2. The van der Waals surface area contributed by atoms with E-state index in [4.69, 9.17) is 0 Å². The highest BCUT2D eigenvalue weighted by Gasteiger charge is 2.19. The Morgan fingerprint density at radius 2 is 1.71 bits per heavy atom. The van der Waals surface area contributed by atoms with E-state index in [0.29, 0.717) is 23.4 Å². The van der Waals surface area contributed by atoms with E-state index in [-0.39, 0.29) is 6.10 Å². The predicted octanol–water partition coefficient (Wildman–Crippen LogP) is 3.69. The minimum atomic E-state index is -0.202. The average Bonchev–Trinajstić information content (AvgIpc) is 3.25. The molecule has 0 aliphatic carbocycles. The van der Waals surface area contributed by atoms with Gasteiger partial charge in [0.05, 0.1) is 6.10 Å². The largest absolute Gasteiger partial charge is 0.392 e. The second-order valence-electron chi connectivity index (χ2n) is 8.32. The smallest absolute Gasteiger partial charge is 0.229 e. The lowest BCUT2D eigenvalue weighted by atomic mass is 10.2. The number of likely N-dealkylation sites (tertiary alicyclic amines) is 1. The van der Waals surface area contributed by atoms with Crippen molar-refractivity contribution in [1.82, 2.24) is 29.8 Å². The molecule has 3 N–H and O–H groups in total. The Balaban J connectivity index is 1.24. The highest BCUT2D eigenvalue weighted by atomic mass is 16.3. The zero-order chi connectivity index (χ0) is 23.3. The Labute approximate surface area is 198 Å². The van der Waals surface area contributed by atoms with Crippen molar-refractivity contribution in [3.8, 4) is 11.5 Å². The zero-order valence-electron chi connectivity index (χ0n) is 18.9. The molecule has 1 fully saturated rings. The average molecular weight is 455 g/mol. The van der Waals surface area contributed by atoms with Gasteiger partial charge in [0.25, 0.3) is 0 Å². The molecule has 0 radical (unpaired) electrons. The number of aromatic nitrogens is 5. The number of rotatable bonds is 7. The lowest BCUT2D eigenvalue weighted by molar-refractivity contribution is 0.175. The molecule has 1 aliphatic rings. The molecule has 1 aromatic carbocycles. The number of benzene rings is 1. The standard InChI is InChI=1S/C25H26N8O/c1-17-3-2-4-21(28-17)24-26-12-9-22(31-24)30-23-10-13-27-25(32-23)29-19-7-5-18(6-8-19)15-33-14-11-20(34)16-33/h2-10,12-13,20,34H,11,14-16H2,1H3,(H2,26,27,29,30,31,32)/t20-/m1/s1. The van der Waals surface area contributed by atoms with Crippen molar-refractivity contribution in [1.29, 1.82) is 0 Å². The summed E-state index contributed by atoms with van der Waals surface area (Å²) in [6.45, 7) is 4.45. The van der Waals surface area contributed by atoms with Gasteiger partial charge in [0.1, 0.15) is 17.3 Å². The predicted molar refractivity (Wildman–Crippen MR) is 131 cm³/mol. The summed E-state index contributed by atoms with van der Waals surface area (Å²) in [6, 6.07) is 17.5. The maximum atomic E-state index is 9.70. The van der Waals surface area contributed by atoms with Crippen LogP contribution < -0.4 is 10.6 Å². The third kappa shape index (κ3) is 5.51. The fourth-order valence-corrected chi connectivity index (χ4v) is 3.88. The molecule has 3 aromatic heterocycles. The highest BCUT2D eigenvalue weighted by molar-refractivity contribution is 5.59. The fraction of sp³-hybridized carbons (Fsp3) is 0.240. The lowest BCUT2D eigenvalue weighted by Gasteiger charge is -2.15. The monoisotopic (exact) mass is 454 g/mol. The Kier molecular flexibility index (Phi) is 6.37. The van der Waals surface area contributed by atoms with Crippen LogP contribution in [0.15, 0.2) is 67.0 Å². The molecule has 1 atom stereocenters. The Morgan fingerprint density at radius 1 is 0.912 bits per heavy atom. The van der Waals surface area contributed by atoms with E-state index in [1.807, 2.05) is 37.3 Å². The van der Waals surface area contributed by atoms with Crippen LogP contribution in [0.4, 0.5) is 23.3 Å². The van der Waals surface area contributed by atoms with Gasteiger partial charge in [-0.25, -0.2) is 19.9 Å². The molecule has 172 valence electrons. The van der Waals surface area contributed by atoms with Crippen LogP contribution in [-0.2, 0) is 6.54 Å². The molecule has 0 bridgehead atoms. The molecule has 9 heteroatoms. The van der Waals surface area contributed by atoms with E-state index < -0.39 is 0 Å². The lowest BCUT2D eigenvalue weighted by Crippen LogP contribution is -2.21. The number of anilines is 4. The quantitative estimate of drug-likeness (QED) is 0.385. The number of aliphatic hydroxyl groups excluding tert-OH is 1. The molecular formula is C25H26N8O. The van der Waals surface area contributed by atoms with Gasteiger partial charge in [-0.1, -0.05) is 18.2 Å². The van der Waals surface area contributed by atoms with E-state index in [9.17, 15) is 5.11 Å². The number of aliphatic hydroxyl groups is 1. The third-order valence-electron chi connectivity index (χ3n) is 5.55. The molecule has 5 rings (SSSR count). The number of hydrogen-bond acceptors (Lipinski definition) is 9. The molecule has 1 aliphatic heterocycles. The molecule has 4 heterocycles. The summed E-state index contributed by atoms with van der Waals surface area (Å²) < 4.78 is 0. The molecule has 34 heavy (non-hydrogen) atoms. The van der Waals surface area contributed by atoms with Crippen LogP contribution in [0.25, 0.3) is 11.5 Å². The molecule has 9 nitrogen and oxygen atoms in total. The van der Waals surface area contributed by atoms with Gasteiger partial charge in [-0.2, -0.15) is 4.98 Å². The SMILES string of the molecule is Cc1cccc(-c2nccc(Nc3ccnc(Nc4ccc(CN5CC[C@@H](O)C5)cc4)n3)n2)n1. The van der Waals surface area contributed by atoms with Gasteiger partial charge < -0.3 is 15.7 Å². The van der Waals surface area contributed by atoms with Gasteiger partial charge in [0.2, 0.25) is 5.95 Å². The van der Waals surface area contributed by atoms with Gasteiger partial charge in [-0.3, -0.25) is 4.90 Å². The van der Waals surface area contributed by atoms with Crippen LogP contribution >= 0.6 is 0 Å². The van der Waals surface area contributed by atoms with Crippen LogP contribution in [0, 0.1) is 6.92 Å². The van der Waals surface area contributed by atoms with Crippen molar-refractivity contribution in [2.45, 2.75) is 26.0 Å². The highest BCUT2D eigenvalue weighted by Crippen LogP contribution is 2.20. The third-order valence-corrected chi connectivity index (χ3v) is 5.55. The molecule has 0 amide bonds. The topological polar surface area (TPSA) is 112 Å². The fourth-order valence-electron chi connectivity index (χ4n) is 3.88. The Bertz CT molecular complexity index is 1260. The number of hydrogen-bond donors (Lipinski definition) is 3. The van der Waals surface area contributed by atoms with Crippen LogP contribution in [0.5, 0.6) is 0 Å². The summed E-state index contributed by atoms with van der Waals surface area (Å²) >= 11 is 0. The second kappa shape index (κ2) is 9.90. The van der Waals surface area contributed by atoms with E-state index in [1.165, 1.54) is 5.56 Å². The van der Waals surface area contributed by atoms with Crippen LogP contribution in [0.1, 0.15) is 17.7 Å². The first-order chi connectivity index (χ1) is 16.6. The summed E-state index contributed by atoms with van der Waals surface area (Å²) in [6.07, 6.45) is 4.03. The van der Waals surface area contributed by atoms with Gasteiger partial charge in [-0.15, -0.1) is 0 Å². The van der Waals surface area contributed by atoms with Crippen molar-refractivity contribution in [3.63, 3.8) is 0 Å². The number of β-amino-alcohol motifs (C(OH)–C–C–N with tert-alkyl or cyclic N) is 1. The first-order valence-electron chi connectivity index (χ1n) is 11.2. The van der Waals surface area contributed by atoms with Crippen molar-refractivity contribution in [3.05, 3.63) is 78.2 Å². The number of pyridine rings is 1. The summed E-state index contributed by atoms with van der Waals surface area (Å²) in [5.41, 5.74) is 3.74. The van der Waals surface area contributed by atoms with Gasteiger partial charge in [0.15, 0.2) is 5.82 Å². The van der Waals surface area contributed by atoms with E-state index in [2.05, 4.69) is 52.6 Å². The van der Waals surface area contributed by atoms with Crippen LogP contribution in [0.3, 0.4) is 0 Å². The second-order valence-corrected chi connectivity index (χ2v) is 8.32. The van der Waals surface area contributed by atoms with Crippen LogP contribution in [-0.4, -0.2) is 54.1 Å². The number of aryl methyl sites for hydroxylation is 1. The first kappa shape index (κ1) is 21.9. The molecule has 0 saturated carbocycles. The van der Waals surface area contributed by atoms with E-state index in [0.717, 1.165) is 43.1 Å². The van der Waals surface area contributed by atoms with Gasteiger partial charge in [-0.05, 0) is 55.3 Å². The van der Waals surface area contributed by atoms with Gasteiger partial charge in [0, 0.05) is 43.4 Å². The maximum Gasteiger partial charge on any atom is 0.229 e. The van der Waals surface area contributed by atoms with Gasteiger partial charge >= 0.3 is 0 Å². The molecule has 0 unspecified atom stereocenters. The van der Waals surface area contributed by atoms with Crippen molar-refractivity contribution in [2.24, 2.45) is 0 Å². The number of nitrogens with one attached hydrogen (secondary N) is 2. The minimum Gasteiger partial charge on any atom is -0.392 e. The van der Waals surface area contributed by atoms with Crippen LogP contribution in [0.2, 0.25) is 0 Å². The summed E-state index contributed by atoms with van der Waals surface area (Å²) in [7, 11) is 0. The minimum absolute atomic E-state index is 0.202. The zero-order valence-corrected chi connectivity index (χ0v) is 18.9. The molecule has 4 aromatic rings.